The Hall–Kier alpha value is -0.790. The van der Waals surface area contributed by atoms with E-state index in [1.807, 2.05) is 0 Å². The van der Waals surface area contributed by atoms with Crippen molar-refractivity contribution in [1.82, 2.24) is 0 Å². The second-order valence-electron chi connectivity index (χ2n) is 3.76. The molecule has 3 N–H and O–H groups in total. The molecule has 18 heavy (non-hydrogen) atoms. The molecule has 0 aromatic heterocycles. The molecule has 2 atom stereocenters. The normalized spacial score (nSPS) is 15.4. The van der Waals surface area contributed by atoms with Crippen molar-refractivity contribution in [1.29, 1.82) is 0 Å². The lowest BCUT2D eigenvalue weighted by molar-refractivity contribution is -0.140. The Balaban J connectivity index is 3.15. The maximum absolute atomic E-state index is 12.7. The van der Waals surface area contributed by atoms with Crippen LogP contribution in [0.4, 0.5) is 13.2 Å². The van der Waals surface area contributed by atoms with Crippen LogP contribution in [0.5, 0.6) is 5.75 Å². The first-order valence-electron chi connectivity index (χ1n) is 5.09. The van der Waals surface area contributed by atoms with E-state index in [1.165, 1.54) is 0 Å². The van der Waals surface area contributed by atoms with Gasteiger partial charge < -0.3 is 15.3 Å². The fourth-order valence-corrected chi connectivity index (χ4v) is 1.99. The third kappa shape index (κ3) is 3.60. The first-order chi connectivity index (χ1) is 8.27. The molecule has 7 heteroatoms. The quantitative estimate of drug-likeness (QED) is 0.744. The highest BCUT2D eigenvalue weighted by molar-refractivity contribution is 9.09. The van der Waals surface area contributed by atoms with Crippen LogP contribution in [-0.2, 0) is 6.18 Å². The average Bonchev–Trinajstić information content (AvgIpc) is 2.27. The number of benzene rings is 1. The maximum Gasteiger partial charge on any atom is 0.416 e. The molecule has 0 aliphatic rings. The van der Waals surface area contributed by atoms with Crippen molar-refractivity contribution >= 4 is 15.9 Å². The van der Waals surface area contributed by atoms with Gasteiger partial charge in [-0.3, -0.25) is 0 Å². The minimum atomic E-state index is -4.71. The molecule has 0 bridgehead atoms. The fourth-order valence-electron chi connectivity index (χ4n) is 1.52. The molecule has 2 unspecified atom stereocenters. The van der Waals surface area contributed by atoms with Crippen molar-refractivity contribution in [3.63, 3.8) is 0 Å². The molecule has 0 radical (unpaired) electrons. The van der Waals surface area contributed by atoms with Crippen LogP contribution < -0.4 is 0 Å². The molecule has 0 fully saturated rings. The van der Waals surface area contributed by atoms with Gasteiger partial charge in [0.05, 0.1) is 11.7 Å². The van der Waals surface area contributed by atoms with Crippen LogP contribution in [0.1, 0.15) is 23.7 Å². The summed E-state index contributed by atoms with van der Waals surface area (Å²) in [5.74, 6) is -0.548. The van der Waals surface area contributed by atoms with Crippen molar-refractivity contribution in [3.05, 3.63) is 29.3 Å². The molecule has 0 spiro atoms. The summed E-state index contributed by atoms with van der Waals surface area (Å²) in [5, 5.41) is 28.6. The van der Waals surface area contributed by atoms with Gasteiger partial charge in [0.1, 0.15) is 11.9 Å². The zero-order valence-corrected chi connectivity index (χ0v) is 10.7. The van der Waals surface area contributed by atoms with E-state index < -0.39 is 35.3 Å². The molecule has 3 nitrogen and oxygen atoms in total. The third-order valence-corrected chi connectivity index (χ3v) is 2.89. The molecular weight excluding hydrogens is 317 g/mol. The molecule has 1 aromatic rings. The predicted octanol–water partition coefficient (Wildman–Crippen LogP) is 2.59. The smallest absolute Gasteiger partial charge is 0.416 e. The molecule has 0 heterocycles. The van der Waals surface area contributed by atoms with Crippen LogP contribution in [0.15, 0.2) is 18.2 Å². The van der Waals surface area contributed by atoms with Crippen molar-refractivity contribution < 1.29 is 28.5 Å². The Morgan fingerprint density at radius 1 is 1.22 bits per heavy atom. The number of halogens is 4. The largest absolute Gasteiger partial charge is 0.508 e. The standard InChI is InChI=1S/C11H12BrF3O3/c12-4-3-9(17)10(18)7-2-1-6(16)5-8(7)11(13,14)15/h1-2,5,9-10,16-18H,3-4H2. The number of hydrogen-bond acceptors (Lipinski definition) is 3. The van der Waals surface area contributed by atoms with Crippen molar-refractivity contribution in [2.45, 2.75) is 24.8 Å². The summed E-state index contributed by atoms with van der Waals surface area (Å²) < 4.78 is 38.2. The summed E-state index contributed by atoms with van der Waals surface area (Å²) in [6, 6.07) is 2.52. The van der Waals surface area contributed by atoms with E-state index in [-0.39, 0.29) is 6.42 Å². The average molecular weight is 329 g/mol. The molecule has 0 aliphatic carbocycles. The van der Waals surface area contributed by atoms with Gasteiger partial charge in [-0.15, -0.1) is 0 Å². The number of phenols is 1. The van der Waals surface area contributed by atoms with Gasteiger partial charge in [0.25, 0.3) is 0 Å². The lowest BCUT2D eigenvalue weighted by atomic mass is 9.97. The Bertz CT molecular complexity index is 409. The van der Waals surface area contributed by atoms with Crippen LogP contribution in [0.25, 0.3) is 0 Å². The molecule has 0 saturated carbocycles. The monoisotopic (exact) mass is 328 g/mol. The highest BCUT2D eigenvalue weighted by atomic mass is 79.9. The second kappa shape index (κ2) is 5.90. The SMILES string of the molecule is Oc1ccc(C(O)C(O)CCBr)c(C(F)(F)F)c1. The van der Waals surface area contributed by atoms with Crippen LogP contribution >= 0.6 is 15.9 Å². The number of aromatic hydroxyl groups is 1. The highest BCUT2D eigenvalue weighted by Gasteiger charge is 2.36. The van der Waals surface area contributed by atoms with E-state index in [0.29, 0.717) is 11.4 Å². The van der Waals surface area contributed by atoms with Crippen LogP contribution in [0, 0.1) is 0 Å². The predicted molar refractivity (Wildman–Crippen MR) is 62.5 cm³/mol. The van der Waals surface area contributed by atoms with E-state index in [0.717, 1.165) is 12.1 Å². The Kier molecular flexibility index (Phi) is 5.01. The van der Waals surface area contributed by atoms with Crippen LogP contribution in [0.2, 0.25) is 0 Å². The summed E-state index contributed by atoms with van der Waals surface area (Å²) in [5.41, 5.74) is -1.60. The molecule has 1 rings (SSSR count). The van der Waals surface area contributed by atoms with E-state index >= 15 is 0 Å². The lowest BCUT2D eigenvalue weighted by Gasteiger charge is -2.21. The number of rotatable bonds is 4. The molecule has 0 amide bonds. The van der Waals surface area contributed by atoms with E-state index in [9.17, 15) is 23.4 Å². The van der Waals surface area contributed by atoms with Crippen molar-refractivity contribution in [2.75, 3.05) is 5.33 Å². The number of aliphatic hydroxyl groups excluding tert-OH is 2. The zero-order valence-electron chi connectivity index (χ0n) is 9.15. The van der Waals surface area contributed by atoms with Gasteiger partial charge in [-0.25, -0.2) is 0 Å². The van der Waals surface area contributed by atoms with Crippen molar-refractivity contribution in [3.8, 4) is 5.75 Å². The number of aliphatic hydroxyl groups is 2. The topological polar surface area (TPSA) is 60.7 Å². The number of alkyl halides is 4. The van der Waals surface area contributed by atoms with Gasteiger partial charge in [-0.05, 0) is 24.1 Å². The summed E-state index contributed by atoms with van der Waals surface area (Å²) in [4.78, 5) is 0. The lowest BCUT2D eigenvalue weighted by Crippen LogP contribution is -2.22. The van der Waals surface area contributed by atoms with Crippen molar-refractivity contribution in [2.24, 2.45) is 0 Å². The summed E-state index contributed by atoms with van der Waals surface area (Å²) in [6.45, 7) is 0. The van der Waals surface area contributed by atoms with E-state index in [2.05, 4.69) is 15.9 Å². The third-order valence-electron chi connectivity index (χ3n) is 2.43. The molecular formula is C11H12BrF3O3. The zero-order chi connectivity index (χ0) is 13.9. The first-order valence-corrected chi connectivity index (χ1v) is 6.21. The summed E-state index contributed by atoms with van der Waals surface area (Å²) >= 11 is 3.03. The number of hydrogen-bond donors (Lipinski definition) is 3. The van der Waals surface area contributed by atoms with Crippen LogP contribution in [-0.4, -0.2) is 26.8 Å². The second-order valence-corrected chi connectivity index (χ2v) is 4.55. The summed E-state index contributed by atoms with van der Waals surface area (Å²) in [7, 11) is 0. The van der Waals surface area contributed by atoms with Gasteiger partial charge in [0.2, 0.25) is 0 Å². The minimum absolute atomic E-state index is 0.110. The van der Waals surface area contributed by atoms with E-state index in [4.69, 9.17) is 5.11 Å². The van der Waals surface area contributed by atoms with Gasteiger partial charge >= 0.3 is 6.18 Å². The highest BCUT2D eigenvalue weighted by Crippen LogP contribution is 2.37. The molecule has 0 aliphatic heterocycles. The van der Waals surface area contributed by atoms with Gasteiger partial charge in [0, 0.05) is 5.33 Å². The van der Waals surface area contributed by atoms with Gasteiger partial charge in [-0.2, -0.15) is 13.2 Å². The molecule has 102 valence electrons. The Morgan fingerprint density at radius 3 is 2.33 bits per heavy atom. The number of phenolic OH excluding ortho intramolecular Hbond substituents is 1. The Morgan fingerprint density at radius 2 is 1.83 bits per heavy atom. The van der Waals surface area contributed by atoms with Crippen LogP contribution in [0.3, 0.4) is 0 Å². The van der Waals surface area contributed by atoms with Gasteiger partial charge in [-0.1, -0.05) is 22.0 Å². The molecule has 1 aromatic carbocycles. The summed E-state index contributed by atoms with van der Waals surface area (Å²) in [6.07, 6.45) is -7.56. The fraction of sp³-hybridized carbons (Fsp3) is 0.455. The minimum Gasteiger partial charge on any atom is -0.508 e. The van der Waals surface area contributed by atoms with Gasteiger partial charge in [0.15, 0.2) is 0 Å². The molecule has 0 saturated heterocycles. The maximum atomic E-state index is 12.7. The first kappa shape index (κ1) is 15.3. The van der Waals surface area contributed by atoms with E-state index in [1.54, 1.807) is 0 Å². The Labute approximate surface area is 110 Å².